The van der Waals surface area contributed by atoms with Crippen molar-refractivity contribution in [2.24, 2.45) is 4.99 Å². The number of nitrogens with zero attached hydrogens (tertiary/aromatic N) is 3. The maximum absolute atomic E-state index is 5.64. The van der Waals surface area contributed by atoms with Crippen LogP contribution < -0.4 is 5.32 Å². The maximum Gasteiger partial charge on any atom is 0.194 e. The van der Waals surface area contributed by atoms with Gasteiger partial charge in [-0.05, 0) is 31.9 Å². The van der Waals surface area contributed by atoms with E-state index in [1.807, 2.05) is 27.8 Å². The minimum absolute atomic E-state index is 0.0235. The molecule has 0 aliphatic rings. The second-order valence-electron chi connectivity index (χ2n) is 6.99. The minimum Gasteiger partial charge on any atom is -0.375 e. The summed E-state index contributed by atoms with van der Waals surface area (Å²) in [6.07, 6.45) is 0.266. The molecule has 2 rings (SSSR count). The minimum atomic E-state index is 0.0235. The fourth-order valence-corrected chi connectivity index (χ4v) is 3.42. The Kier molecular flexibility index (Phi) is 8.89. The lowest BCUT2D eigenvalue weighted by Crippen LogP contribution is -2.38. The van der Waals surface area contributed by atoms with Crippen molar-refractivity contribution in [2.75, 3.05) is 21.2 Å². The van der Waals surface area contributed by atoms with E-state index in [1.54, 1.807) is 25.5 Å². The van der Waals surface area contributed by atoms with Crippen molar-refractivity contribution in [3.8, 4) is 0 Å². The molecule has 0 amide bonds. The quantitative estimate of drug-likeness (QED) is 0.506. The summed E-state index contributed by atoms with van der Waals surface area (Å²) in [7, 11) is 5.51. The molecule has 1 atom stereocenters. The summed E-state index contributed by atoms with van der Waals surface area (Å²) in [6.45, 7) is 8.15. The van der Waals surface area contributed by atoms with Gasteiger partial charge < -0.3 is 19.7 Å². The van der Waals surface area contributed by atoms with Crippen LogP contribution in [0.25, 0.3) is 0 Å². The third kappa shape index (κ3) is 6.89. The number of nitrogens with one attached hydrogen (secondary N) is 1. The van der Waals surface area contributed by atoms with Crippen LogP contribution in [0.1, 0.15) is 48.7 Å². The summed E-state index contributed by atoms with van der Waals surface area (Å²) < 4.78 is 11.0. The Labute approximate surface area is 172 Å². The van der Waals surface area contributed by atoms with Gasteiger partial charge >= 0.3 is 0 Å². The molecule has 1 aromatic heterocycles. The fraction of sp³-hybridized carbons (Fsp3) is 0.524. The van der Waals surface area contributed by atoms with Crippen LogP contribution in [0.2, 0.25) is 0 Å². The molecule has 1 unspecified atom stereocenters. The number of benzene rings is 1. The van der Waals surface area contributed by atoms with E-state index in [0.717, 1.165) is 16.7 Å². The van der Waals surface area contributed by atoms with Gasteiger partial charge in [-0.2, -0.15) is 0 Å². The van der Waals surface area contributed by atoms with Crippen LogP contribution in [-0.4, -0.2) is 43.2 Å². The van der Waals surface area contributed by atoms with Crippen molar-refractivity contribution >= 4 is 17.3 Å². The molecular weight excluding hydrogens is 372 g/mol. The highest BCUT2D eigenvalue weighted by Gasteiger charge is 2.12. The Morgan fingerprint density at radius 2 is 1.89 bits per heavy atom. The number of aromatic nitrogens is 1. The molecule has 0 saturated heterocycles. The van der Waals surface area contributed by atoms with E-state index in [1.165, 1.54) is 11.1 Å². The number of ether oxygens (including phenoxy) is 2. The predicted octanol–water partition coefficient (Wildman–Crippen LogP) is 3.98. The van der Waals surface area contributed by atoms with E-state index in [-0.39, 0.29) is 12.2 Å². The van der Waals surface area contributed by atoms with Crippen molar-refractivity contribution in [3.05, 3.63) is 51.5 Å². The number of hydrogen-bond acceptors (Lipinski definition) is 5. The standard InChI is InChI=1S/C21H32N4O2S/c1-15(2)27-13-18-9-7-17(8-10-18)11-23-21(22-4)25(5)12-19-14-28-20(24-19)16(3)26-6/h7-10,14-16H,11-13H2,1-6H3,(H,22,23). The van der Waals surface area contributed by atoms with Crippen molar-refractivity contribution in [2.45, 2.75) is 52.7 Å². The monoisotopic (exact) mass is 404 g/mol. The van der Waals surface area contributed by atoms with E-state index >= 15 is 0 Å². The molecule has 6 nitrogen and oxygen atoms in total. The Hall–Kier alpha value is -1.96. The van der Waals surface area contributed by atoms with Gasteiger partial charge in [-0.1, -0.05) is 24.3 Å². The highest BCUT2D eigenvalue weighted by molar-refractivity contribution is 7.09. The summed E-state index contributed by atoms with van der Waals surface area (Å²) in [5, 5.41) is 6.48. The number of aliphatic imine (C=N–C) groups is 1. The molecule has 0 aliphatic carbocycles. The molecule has 0 spiro atoms. The molecular formula is C21H32N4O2S. The molecule has 0 aliphatic heterocycles. The van der Waals surface area contributed by atoms with Gasteiger partial charge in [-0.3, -0.25) is 4.99 Å². The van der Waals surface area contributed by atoms with Gasteiger partial charge in [0.1, 0.15) is 11.1 Å². The Morgan fingerprint density at radius 3 is 2.50 bits per heavy atom. The highest BCUT2D eigenvalue weighted by Crippen LogP contribution is 2.20. The number of rotatable bonds is 9. The number of guanidine groups is 1. The average Bonchev–Trinajstić information content (AvgIpc) is 3.15. The normalized spacial score (nSPS) is 13.0. The van der Waals surface area contributed by atoms with Crippen LogP contribution in [0.15, 0.2) is 34.6 Å². The SMILES string of the molecule is CN=C(NCc1ccc(COC(C)C)cc1)N(C)Cc1csc(C(C)OC)n1. The third-order valence-corrected chi connectivity index (χ3v) is 5.35. The summed E-state index contributed by atoms with van der Waals surface area (Å²) in [5.74, 6) is 0.835. The smallest absolute Gasteiger partial charge is 0.194 e. The molecule has 0 bridgehead atoms. The lowest BCUT2D eigenvalue weighted by molar-refractivity contribution is 0.0657. The fourth-order valence-electron chi connectivity index (χ4n) is 2.58. The lowest BCUT2D eigenvalue weighted by atomic mass is 10.1. The Balaban J connectivity index is 1.87. The van der Waals surface area contributed by atoms with Crippen molar-refractivity contribution in [1.82, 2.24) is 15.2 Å². The van der Waals surface area contributed by atoms with Crippen LogP contribution in [0.3, 0.4) is 0 Å². The van der Waals surface area contributed by atoms with E-state index in [9.17, 15) is 0 Å². The summed E-state index contributed by atoms with van der Waals surface area (Å²) in [6, 6.07) is 8.47. The molecule has 0 fully saturated rings. The van der Waals surface area contributed by atoms with Gasteiger partial charge in [0, 0.05) is 33.1 Å². The zero-order valence-corrected chi connectivity index (χ0v) is 18.5. The first-order valence-electron chi connectivity index (χ1n) is 9.51. The summed E-state index contributed by atoms with van der Waals surface area (Å²) in [5.41, 5.74) is 3.40. The first kappa shape index (κ1) is 22.3. The zero-order valence-electron chi connectivity index (χ0n) is 17.7. The third-order valence-electron chi connectivity index (χ3n) is 4.30. The van der Waals surface area contributed by atoms with E-state index < -0.39 is 0 Å². The van der Waals surface area contributed by atoms with Gasteiger partial charge in [0.25, 0.3) is 0 Å². The van der Waals surface area contributed by atoms with Crippen molar-refractivity contribution < 1.29 is 9.47 Å². The number of methoxy groups -OCH3 is 1. The second kappa shape index (κ2) is 11.1. The number of hydrogen-bond donors (Lipinski definition) is 1. The van der Waals surface area contributed by atoms with Crippen LogP contribution in [0.5, 0.6) is 0 Å². The molecule has 154 valence electrons. The topological polar surface area (TPSA) is 59.0 Å². The van der Waals surface area contributed by atoms with E-state index in [0.29, 0.717) is 19.7 Å². The molecule has 2 aromatic rings. The lowest BCUT2D eigenvalue weighted by Gasteiger charge is -2.21. The van der Waals surface area contributed by atoms with Gasteiger partial charge in [0.05, 0.1) is 24.9 Å². The van der Waals surface area contributed by atoms with Gasteiger partial charge in [0.15, 0.2) is 5.96 Å². The summed E-state index contributed by atoms with van der Waals surface area (Å²) >= 11 is 1.63. The van der Waals surface area contributed by atoms with Gasteiger partial charge in [-0.25, -0.2) is 4.98 Å². The van der Waals surface area contributed by atoms with E-state index in [2.05, 4.69) is 49.8 Å². The predicted molar refractivity (Wildman–Crippen MR) is 116 cm³/mol. The van der Waals surface area contributed by atoms with Crippen molar-refractivity contribution in [3.63, 3.8) is 0 Å². The highest BCUT2D eigenvalue weighted by atomic mass is 32.1. The van der Waals surface area contributed by atoms with E-state index in [4.69, 9.17) is 9.47 Å². The molecule has 1 N–H and O–H groups in total. The molecule has 1 heterocycles. The van der Waals surface area contributed by atoms with Crippen LogP contribution in [0, 0.1) is 0 Å². The van der Waals surface area contributed by atoms with Gasteiger partial charge in [0.2, 0.25) is 0 Å². The molecule has 1 aromatic carbocycles. The average molecular weight is 405 g/mol. The van der Waals surface area contributed by atoms with Crippen molar-refractivity contribution in [1.29, 1.82) is 0 Å². The molecule has 28 heavy (non-hydrogen) atoms. The largest absolute Gasteiger partial charge is 0.375 e. The maximum atomic E-state index is 5.64. The van der Waals surface area contributed by atoms with Crippen LogP contribution in [0.4, 0.5) is 0 Å². The first-order valence-corrected chi connectivity index (χ1v) is 10.4. The Bertz CT molecular complexity index is 743. The van der Waals surface area contributed by atoms with Crippen LogP contribution >= 0.6 is 11.3 Å². The van der Waals surface area contributed by atoms with Crippen LogP contribution in [-0.2, 0) is 29.2 Å². The molecule has 0 radical (unpaired) electrons. The van der Waals surface area contributed by atoms with Gasteiger partial charge in [-0.15, -0.1) is 11.3 Å². The molecule has 7 heteroatoms. The number of thiazole rings is 1. The zero-order chi connectivity index (χ0) is 20.5. The first-order chi connectivity index (χ1) is 13.4. The summed E-state index contributed by atoms with van der Waals surface area (Å²) in [4.78, 5) is 11.1. The molecule has 0 saturated carbocycles. The second-order valence-corrected chi connectivity index (χ2v) is 7.88. The Morgan fingerprint density at radius 1 is 1.21 bits per heavy atom.